The highest BCUT2D eigenvalue weighted by Gasteiger charge is 2.22. The van der Waals surface area contributed by atoms with Crippen molar-refractivity contribution in [2.45, 2.75) is 48.1 Å². The third kappa shape index (κ3) is 5.98. The van der Waals surface area contributed by atoms with Gasteiger partial charge in [-0.1, -0.05) is 13.8 Å². The molecule has 0 saturated heterocycles. The summed E-state index contributed by atoms with van der Waals surface area (Å²) in [5, 5.41) is 5.45. The van der Waals surface area contributed by atoms with Gasteiger partial charge in [0.1, 0.15) is 0 Å². The van der Waals surface area contributed by atoms with Crippen LogP contribution in [0.4, 0.5) is 0 Å². The van der Waals surface area contributed by atoms with Gasteiger partial charge in [-0.2, -0.15) is 0 Å². The zero-order valence-corrected chi connectivity index (χ0v) is 17.1. The number of hydrogen-bond acceptors (Lipinski definition) is 4. The smallest absolute Gasteiger partial charge is 0.340 e. The molecule has 1 heterocycles. The topological polar surface area (TPSA) is 89.4 Å². The summed E-state index contributed by atoms with van der Waals surface area (Å²) in [6, 6.07) is 0. The molecule has 0 aliphatic heterocycles. The first-order valence-corrected chi connectivity index (χ1v) is 9.34. The average molecular weight is 377 g/mol. The highest BCUT2D eigenvalue weighted by molar-refractivity contribution is 5.98. The Kier molecular flexibility index (Phi) is 8.78. The van der Waals surface area contributed by atoms with E-state index in [-0.39, 0.29) is 23.7 Å². The molecule has 0 aromatic carbocycles. The SMILES string of the molecule is CCOC(=O)c1c(/C=C/C(=O)NCCNC(=O)C(C)C)c(C)n(CC)c1C. The van der Waals surface area contributed by atoms with Crippen LogP contribution < -0.4 is 10.6 Å². The van der Waals surface area contributed by atoms with E-state index in [2.05, 4.69) is 10.6 Å². The Labute approximate surface area is 161 Å². The van der Waals surface area contributed by atoms with Crippen molar-refractivity contribution in [3.63, 3.8) is 0 Å². The van der Waals surface area contributed by atoms with Crippen molar-refractivity contribution >= 4 is 23.9 Å². The molecule has 0 radical (unpaired) electrons. The number of carbonyl (C=O) groups excluding carboxylic acids is 3. The molecule has 0 saturated carbocycles. The Morgan fingerprint density at radius 2 is 1.70 bits per heavy atom. The molecule has 0 atom stereocenters. The maximum absolute atomic E-state index is 12.3. The summed E-state index contributed by atoms with van der Waals surface area (Å²) < 4.78 is 7.18. The summed E-state index contributed by atoms with van der Waals surface area (Å²) in [7, 11) is 0. The first-order chi connectivity index (χ1) is 12.7. The van der Waals surface area contributed by atoms with Gasteiger partial charge in [0, 0.05) is 48.6 Å². The van der Waals surface area contributed by atoms with Crippen LogP contribution in [0.2, 0.25) is 0 Å². The highest BCUT2D eigenvalue weighted by atomic mass is 16.5. The molecule has 0 aliphatic rings. The minimum absolute atomic E-state index is 0.0501. The molecule has 1 aromatic heterocycles. The number of carbonyl (C=O) groups is 3. The Hall–Kier alpha value is -2.57. The van der Waals surface area contributed by atoms with Crippen molar-refractivity contribution in [2.24, 2.45) is 5.92 Å². The summed E-state index contributed by atoms with van der Waals surface area (Å²) in [6.45, 7) is 12.9. The lowest BCUT2D eigenvalue weighted by atomic mass is 10.1. The first kappa shape index (κ1) is 22.5. The second-order valence-electron chi connectivity index (χ2n) is 6.49. The summed E-state index contributed by atoms with van der Waals surface area (Å²) in [6.07, 6.45) is 3.04. The van der Waals surface area contributed by atoms with Crippen molar-refractivity contribution in [2.75, 3.05) is 19.7 Å². The second-order valence-corrected chi connectivity index (χ2v) is 6.49. The fourth-order valence-corrected chi connectivity index (χ4v) is 2.84. The highest BCUT2D eigenvalue weighted by Crippen LogP contribution is 2.24. The summed E-state index contributed by atoms with van der Waals surface area (Å²) in [5.74, 6) is -0.812. The van der Waals surface area contributed by atoms with Gasteiger partial charge in [0.15, 0.2) is 0 Å². The lowest BCUT2D eigenvalue weighted by Crippen LogP contribution is -2.35. The number of amides is 2. The number of esters is 1. The van der Waals surface area contributed by atoms with Crippen LogP contribution in [0.25, 0.3) is 6.08 Å². The number of nitrogens with zero attached hydrogens (tertiary/aromatic N) is 1. The lowest BCUT2D eigenvalue weighted by Gasteiger charge is -2.07. The van der Waals surface area contributed by atoms with Crippen molar-refractivity contribution in [3.05, 3.63) is 28.6 Å². The molecule has 1 rings (SSSR count). The first-order valence-electron chi connectivity index (χ1n) is 9.34. The number of nitrogens with one attached hydrogen (secondary N) is 2. The van der Waals surface area contributed by atoms with Crippen LogP contribution in [-0.2, 0) is 20.9 Å². The average Bonchev–Trinajstić information content (AvgIpc) is 2.86. The van der Waals surface area contributed by atoms with Gasteiger partial charge in [0.05, 0.1) is 12.2 Å². The van der Waals surface area contributed by atoms with Crippen LogP contribution in [0.3, 0.4) is 0 Å². The molecular weight excluding hydrogens is 346 g/mol. The number of rotatable bonds is 9. The summed E-state index contributed by atoms with van der Waals surface area (Å²) in [4.78, 5) is 35.8. The van der Waals surface area contributed by atoms with Gasteiger partial charge in [0.2, 0.25) is 11.8 Å². The molecule has 0 bridgehead atoms. The largest absolute Gasteiger partial charge is 0.462 e. The van der Waals surface area contributed by atoms with Crippen molar-refractivity contribution in [3.8, 4) is 0 Å². The van der Waals surface area contributed by atoms with Gasteiger partial charge in [0.25, 0.3) is 0 Å². The van der Waals surface area contributed by atoms with Gasteiger partial charge in [-0.3, -0.25) is 9.59 Å². The predicted octanol–water partition coefficient (Wildman–Crippen LogP) is 2.20. The fourth-order valence-electron chi connectivity index (χ4n) is 2.84. The van der Waals surface area contributed by atoms with E-state index < -0.39 is 0 Å². The molecule has 0 spiro atoms. The number of ether oxygens (including phenoxy) is 1. The van der Waals surface area contributed by atoms with Gasteiger partial charge in [-0.15, -0.1) is 0 Å². The maximum atomic E-state index is 12.3. The van der Waals surface area contributed by atoms with E-state index in [1.165, 1.54) is 6.08 Å². The quantitative estimate of drug-likeness (QED) is 0.392. The third-order valence-electron chi connectivity index (χ3n) is 4.28. The number of hydrogen-bond donors (Lipinski definition) is 2. The minimum Gasteiger partial charge on any atom is -0.462 e. The van der Waals surface area contributed by atoms with Gasteiger partial charge >= 0.3 is 5.97 Å². The minimum atomic E-state index is -0.387. The Morgan fingerprint density at radius 1 is 1.07 bits per heavy atom. The van der Waals surface area contributed by atoms with Gasteiger partial charge in [-0.25, -0.2) is 4.79 Å². The normalized spacial score (nSPS) is 11.1. The number of aromatic nitrogens is 1. The molecule has 7 heteroatoms. The molecule has 150 valence electrons. The maximum Gasteiger partial charge on any atom is 0.340 e. The Bertz CT molecular complexity index is 717. The van der Waals surface area contributed by atoms with E-state index >= 15 is 0 Å². The molecule has 2 N–H and O–H groups in total. The van der Waals surface area contributed by atoms with E-state index in [9.17, 15) is 14.4 Å². The second kappa shape index (κ2) is 10.5. The van der Waals surface area contributed by atoms with Crippen molar-refractivity contribution in [1.82, 2.24) is 15.2 Å². The molecule has 1 aromatic rings. The lowest BCUT2D eigenvalue weighted by molar-refractivity contribution is -0.124. The van der Waals surface area contributed by atoms with Crippen LogP contribution >= 0.6 is 0 Å². The molecule has 0 aliphatic carbocycles. The summed E-state index contributed by atoms with van der Waals surface area (Å²) in [5.41, 5.74) is 2.91. The molecule has 27 heavy (non-hydrogen) atoms. The molecule has 7 nitrogen and oxygen atoms in total. The Morgan fingerprint density at radius 3 is 2.26 bits per heavy atom. The van der Waals surface area contributed by atoms with Crippen LogP contribution in [0.15, 0.2) is 6.08 Å². The van der Waals surface area contributed by atoms with Crippen LogP contribution in [0.1, 0.15) is 55.0 Å². The van der Waals surface area contributed by atoms with E-state index in [1.807, 2.05) is 39.2 Å². The van der Waals surface area contributed by atoms with Crippen LogP contribution in [0.5, 0.6) is 0 Å². The van der Waals surface area contributed by atoms with Gasteiger partial charge in [-0.05, 0) is 33.8 Å². The zero-order chi connectivity index (χ0) is 20.6. The van der Waals surface area contributed by atoms with Crippen molar-refractivity contribution < 1.29 is 19.1 Å². The van der Waals surface area contributed by atoms with Crippen molar-refractivity contribution in [1.29, 1.82) is 0 Å². The monoisotopic (exact) mass is 377 g/mol. The van der Waals surface area contributed by atoms with E-state index in [0.29, 0.717) is 30.8 Å². The van der Waals surface area contributed by atoms with Gasteiger partial charge < -0.3 is 19.9 Å². The van der Waals surface area contributed by atoms with Crippen LogP contribution in [-0.4, -0.2) is 42.0 Å². The summed E-state index contributed by atoms with van der Waals surface area (Å²) >= 11 is 0. The third-order valence-corrected chi connectivity index (χ3v) is 4.28. The molecule has 2 amide bonds. The fraction of sp³-hybridized carbons (Fsp3) is 0.550. The molecule has 0 fully saturated rings. The molecular formula is C20H31N3O4. The Balaban J connectivity index is 2.83. The van der Waals surface area contributed by atoms with Crippen LogP contribution in [0, 0.1) is 19.8 Å². The van der Waals surface area contributed by atoms with E-state index in [1.54, 1.807) is 13.0 Å². The predicted molar refractivity (Wildman–Crippen MR) is 105 cm³/mol. The molecule has 0 unspecified atom stereocenters. The zero-order valence-electron chi connectivity index (χ0n) is 17.1. The van der Waals surface area contributed by atoms with E-state index in [4.69, 9.17) is 4.74 Å². The van der Waals surface area contributed by atoms with E-state index in [0.717, 1.165) is 17.9 Å². The standard InChI is InChI=1S/C20H31N3O4/c1-7-23-14(5)16(18(15(23)6)20(26)27-8-2)9-10-17(24)21-11-12-22-19(25)13(3)4/h9-10,13H,7-8,11-12H2,1-6H3,(H,21,24)(H,22,25)/b10-9+.